The lowest BCUT2D eigenvalue weighted by Gasteiger charge is -2.35. The molecule has 0 radical (unpaired) electrons. The molecule has 2 aliphatic rings. The summed E-state index contributed by atoms with van der Waals surface area (Å²) in [6.45, 7) is 1.90. The molecule has 0 aromatic heterocycles. The minimum Gasteiger partial charge on any atom is -0.466 e. The summed E-state index contributed by atoms with van der Waals surface area (Å²) < 4.78 is 10.8. The zero-order chi connectivity index (χ0) is 17.5. The minimum absolute atomic E-state index is 0.264. The maximum absolute atomic E-state index is 12.5. The van der Waals surface area contributed by atoms with Crippen molar-refractivity contribution in [3.63, 3.8) is 0 Å². The standard InChI is InChI=1S/C17H17NO4S2/c1-17-11(9-7-5-6-8-10(9)18-17)16(23-4)24-13(15(20)22-3)12(17)14(19)21-2/h5-8,18H,1-4H3. The molecule has 1 aromatic rings. The monoisotopic (exact) mass is 363 g/mol. The van der Waals surface area contributed by atoms with Crippen LogP contribution in [0.1, 0.15) is 12.5 Å². The highest BCUT2D eigenvalue weighted by molar-refractivity contribution is 8.24. The lowest BCUT2D eigenvalue weighted by atomic mass is 9.83. The summed E-state index contributed by atoms with van der Waals surface area (Å²) in [7, 11) is 2.62. The average molecular weight is 363 g/mol. The fourth-order valence-electron chi connectivity index (χ4n) is 3.11. The molecular weight excluding hydrogens is 346 g/mol. The van der Waals surface area contributed by atoms with Gasteiger partial charge in [-0.15, -0.1) is 11.8 Å². The number of thioether (sulfide) groups is 2. The number of hydrogen-bond acceptors (Lipinski definition) is 7. The van der Waals surface area contributed by atoms with Crippen LogP contribution in [-0.2, 0) is 19.1 Å². The highest BCUT2D eigenvalue weighted by atomic mass is 32.2. The predicted octanol–water partition coefficient (Wildman–Crippen LogP) is 3.25. The van der Waals surface area contributed by atoms with Crippen LogP contribution in [0.3, 0.4) is 0 Å². The molecule has 5 nitrogen and oxygen atoms in total. The predicted molar refractivity (Wildman–Crippen MR) is 97.6 cm³/mol. The molecular formula is C17H17NO4S2. The molecule has 1 unspecified atom stereocenters. The molecule has 1 N–H and O–H groups in total. The zero-order valence-electron chi connectivity index (χ0n) is 13.8. The highest BCUT2D eigenvalue weighted by Gasteiger charge is 2.51. The molecule has 1 atom stereocenters. The van der Waals surface area contributed by atoms with Crippen LogP contribution in [0.2, 0.25) is 0 Å². The van der Waals surface area contributed by atoms with Crippen molar-refractivity contribution in [3.8, 4) is 0 Å². The number of methoxy groups -OCH3 is 2. The van der Waals surface area contributed by atoms with Crippen LogP contribution in [0, 0.1) is 0 Å². The van der Waals surface area contributed by atoms with Crippen molar-refractivity contribution >= 4 is 46.7 Å². The van der Waals surface area contributed by atoms with E-state index in [1.165, 1.54) is 26.0 Å². The Morgan fingerprint density at radius 1 is 1.17 bits per heavy atom. The van der Waals surface area contributed by atoms with Crippen LogP contribution < -0.4 is 5.32 Å². The average Bonchev–Trinajstić information content (AvgIpc) is 2.91. The number of nitrogens with one attached hydrogen (secondary N) is 1. The first-order chi connectivity index (χ1) is 11.5. The largest absolute Gasteiger partial charge is 0.466 e. The fourth-order valence-corrected chi connectivity index (χ4v) is 5.37. The Labute approximate surface area is 148 Å². The Kier molecular flexibility index (Phi) is 4.40. The number of ether oxygens (including phenoxy) is 2. The van der Waals surface area contributed by atoms with E-state index in [-0.39, 0.29) is 10.5 Å². The van der Waals surface area contributed by atoms with E-state index in [0.717, 1.165) is 21.1 Å². The van der Waals surface area contributed by atoms with Gasteiger partial charge in [0.25, 0.3) is 0 Å². The SMILES string of the molecule is COC(=O)C1=C(C(=O)OC)C2(C)Nc3ccccc3C2=C(SC)S1. The zero-order valence-corrected chi connectivity index (χ0v) is 15.4. The van der Waals surface area contributed by atoms with Gasteiger partial charge < -0.3 is 14.8 Å². The van der Waals surface area contributed by atoms with Crippen molar-refractivity contribution in [2.24, 2.45) is 0 Å². The number of carbonyl (C=O) groups is 2. The van der Waals surface area contributed by atoms with Crippen molar-refractivity contribution in [3.05, 3.63) is 44.5 Å². The normalized spacial score (nSPS) is 21.8. The summed E-state index contributed by atoms with van der Waals surface area (Å²) in [4.78, 5) is 25.1. The first kappa shape index (κ1) is 17.0. The third-order valence-electron chi connectivity index (χ3n) is 4.15. The fraction of sp³-hybridized carbons (Fsp3) is 0.294. The van der Waals surface area contributed by atoms with E-state index < -0.39 is 17.5 Å². The number of benzene rings is 1. The summed E-state index contributed by atoms with van der Waals surface area (Å²) in [6.07, 6.45) is 1.95. The Morgan fingerprint density at radius 2 is 1.83 bits per heavy atom. The van der Waals surface area contributed by atoms with E-state index in [2.05, 4.69) is 5.32 Å². The van der Waals surface area contributed by atoms with Gasteiger partial charge in [0, 0.05) is 16.8 Å². The molecule has 0 saturated carbocycles. The summed E-state index contributed by atoms with van der Waals surface area (Å²) in [5.41, 5.74) is 2.38. The second-order valence-electron chi connectivity index (χ2n) is 5.45. The molecule has 0 amide bonds. The van der Waals surface area contributed by atoms with Crippen LogP contribution in [0.15, 0.2) is 39.0 Å². The number of anilines is 1. The number of rotatable bonds is 3. The van der Waals surface area contributed by atoms with Gasteiger partial charge in [0.15, 0.2) is 0 Å². The van der Waals surface area contributed by atoms with Crippen molar-refractivity contribution in [1.29, 1.82) is 0 Å². The Bertz CT molecular complexity index is 800. The first-order valence-electron chi connectivity index (χ1n) is 7.23. The number of carbonyl (C=O) groups excluding carboxylic acids is 2. The molecule has 2 heterocycles. The summed E-state index contributed by atoms with van der Waals surface area (Å²) in [6, 6.07) is 7.86. The lowest BCUT2D eigenvalue weighted by Crippen LogP contribution is -2.41. The number of esters is 2. The Morgan fingerprint density at radius 3 is 2.46 bits per heavy atom. The molecule has 0 fully saturated rings. The van der Waals surface area contributed by atoms with Gasteiger partial charge in [0.2, 0.25) is 0 Å². The van der Waals surface area contributed by atoms with E-state index >= 15 is 0 Å². The van der Waals surface area contributed by atoms with Crippen molar-refractivity contribution in [2.75, 3.05) is 25.8 Å². The van der Waals surface area contributed by atoms with Gasteiger partial charge in [-0.1, -0.05) is 30.0 Å². The van der Waals surface area contributed by atoms with Crippen LogP contribution in [-0.4, -0.2) is 38.0 Å². The van der Waals surface area contributed by atoms with Crippen LogP contribution in [0.5, 0.6) is 0 Å². The van der Waals surface area contributed by atoms with E-state index in [4.69, 9.17) is 9.47 Å². The molecule has 126 valence electrons. The third-order valence-corrected chi connectivity index (χ3v) is 6.44. The highest BCUT2D eigenvalue weighted by Crippen LogP contribution is 2.57. The first-order valence-corrected chi connectivity index (χ1v) is 9.27. The molecule has 2 aliphatic heterocycles. The summed E-state index contributed by atoms with van der Waals surface area (Å²) in [5.74, 6) is -1.08. The smallest absolute Gasteiger partial charge is 0.345 e. The van der Waals surface area contributed by atoms with E-state index in [1.54, 1.807) is 11.8 Å². The molecule has 0 bridgehead atoms. The Balaban J connectivity index is 2.29. The van der Waals surface area contributed by atoms with E-state index in [0.29, 0.717) is 0 Å². The van der Waals surface area contributed by atoms with Crippen molar-refractivity contribution in [1.82, 2.24) is 0 Å². The van der Waals surface area contributed by atoms with E-state index in [1.807, 2.05) is 37.4 Å². The van der Waals surface area contributed by atoms with Gasteiger partial charge in [0.05, 0.1) is 29.6 Å². The topological polar surface area (TPSA) is 64.6 Å². The maximum Gasteiger partial charge on any atom is 0.345 e. The summed E-state index contributed by atoms with van der Waals surface area (Å²) in [5, 5.41) is 3.40. The van der Waals surface area contributed by atoms with Crippen molar-refractivity contribution in [2.45, 2.75) is 12.5 Å². The maximum atomic E-state index is 12.5. The van der Waals surface area contributed by atoms with Gasteiger partial charge in [0.1, 0.15) is 4.91 Å². The quantitative estimate of drug-likeness (QED) is 0.827. The van der Waals surface area contributed by atoms with Gasteiger partial charge in [-0.3, -0.25) is 0 Å². The van der Waals surface area contributed by atoms with Gasteiger partial charge in [-0.25, -0.2) is 9.59 Å². The van der Waals surface area contributed by atoms with Crippen LogP contribution >= 0.6 is 23.5 Å². The van der Waals surface area contributed by atoms with Crippen molar-refractivity contribution < 1.29 is 19.1 Å². The Hall–Kier alpha value is -1.86. The summed E-state index contributed by atoms with van der Waals surface area (Å²) >= 11 is 2.81. The second kappa shape index (κ2) is 6.22. The molecule has 0 spiro atoms. The third kappa shape index (κ3) is 2.34. The molecule has 7 heteroatoms. The van der Waals surface area contributed by atoms with Gasteiger partial charge >= 0.3 is 11.9 Å². The second-order valence-corrected chi connectivity index (χ2v) is 7.55. The van der Waals surface area contributed by atoms with Crippen LogP contribution in [0.25, 0.3) is 5.57 Å². The molecule has 3 rings (SSSR count). The molecule has 0 saturated heterocycles. The van der Waals surface area contributed by atoms with Gasteiger partial charge in [-0.05, 0) is 19.2 Å². The van der Waals surface area contributed by atoms with E-state index in [9.17, 15) is 9.59 Å². The number of fused-ring (bicyclic) bond motifs is 3. The molecule has 1 aromatic carbocycles. The number of para-hydroxylation sites is 1. The van der Waals surface area contributed by atoms with Crippen LogP contribution in [0.4, 0.5) is 5.69 Å². The lowest BCUT2D eigenvalue weighted by molar-refractivity contribution is -0.139. The molecule has 24 heavy (non-hydrogen) atoms. The van der Waals surface area contributed by atoms with Gasteiger partial charge in [-0.2, -0.15) is 0 Å². The molecule has 0 aliphatic carbocycles. The number of hydrogen-bond donors (Lipinski definition) is 1. The minimum atomic E-state index is -0.843.